The van der Waals surface area contributed by atoms with Crippen molar-refractivity contribution in [1.29, 1.82) is 0 Å². The Morgan fingerprint density at radius 2 is 1.65 bits per heavy atom. The molecule has 0 heterocycles. The zero-order valence-corrected chi connectivity index (χ0v) is 14.9. The molecule has 2 aromatic rings. The Morgan fingerprint density at radius 1 is 0.957 bits per heavy atom. The van der Waals surface area contributed by atoms with Crippen LogP contribution in [0.5, 0.6) is 17.2 Å². The van der Waals surface area contributed by atoms with Crippen LogP contribution in [0.4, 0.5) is 0 Å². The van der Waals surface area contributed by atoms with Gasteiger partial charge in [-0.05, 0) is 57.4 Å². The first-order valence-electron chi connectivity index (χ1n) is 6.98. The Labute approximate surface area is 144 Å². The van der Waals surface area contributed by atoms with E-state index in [1.807, 2.05) is 36.4 Å². The molecule has 0 aliphatic heterocycles. The number of hydrogen-bond acceptors (Lipinski definition) is 5. The number of ether oxygens (including phenoxy) is 3. The SMILES string of the molecule is COc1ccc(/C=N/NCc2ccc(OC)c(OC)c2)cc1Br. The van der Waals surface area contributed by atoms with Gasteiger partial charge in [-0.2, -0.15) is 5.10 Å². The lowest BCUT2D eigenvalue weighted by atomic mass is 10.2. The molecule has 122 valence electrons. The van der Waals surface area contributed by atoms with Crippen molar-refractivity contribution < 1.29 is 14.2 Å². The van der Waals surface area contributed by atoms with Crippen LogP contribution < -0.4 is 19.6 Å². The van der Waals surface area contributed by atoms with Crippen LogP contribution >= 0.6 is 15.9 Å². The quantitative estimate of drug-likeness (QED) is 0.590. The van der Waals surface area contributed by atoms with Gasteiger partial charge in [-0.1, -0.05) is 6.07 Å². The molecule has 0 aliphatic carbocycles. The van der Waals surface area contributed by atoms with E-state index in [4.69, 9.17) is 14.2 Å². The highest BCUT2D eigenvalue weighted by Crippen LogP contribution is 2.27. The standard InChI is InChI=1S/C17H19BrN2O3/c1-21-15-6-4-12(8-14(15)18)10-19-20-11-13-5-7-16(22-2)17(9-13)23-3/h4-10,20H,11H2,1-3H3/b19-10+. The maximum absolute atomic E-state index is 5.28. The Kier molecular flexibility index (Phi) is 6.29. The van der Waals surface area contributed by atoms with Crippen molar-refractivity contribution in [3.63, 3.8) is 0 Å². The second-order valence-electron chi connectivity index (χ2n) is 4.68. The molecule has 0 aromatic heterocycles. The van der Waals surface area contributed by atoms with Gasteiger partial charge in [0.1, 0.15) is 5.75 Å². The predicted molar refractivity (Wildman–Crippen MR) is 94.7 cm³/mol. The van der Waals surface area contributed by atoms with Gasteiger partial charge in [0, 0.05) is 0 Å². The highest BCUT2D eigenvalue weighted by Gasteiger charge is 2.04. The van der Waals surface area contributed by atoms with Crippen molar-refractivity contribution in [2.45, 2.75) is 6.54 Å². The second kappa shape index (κ2) is 8.43. The van der Waals surface area contributed by atoms with Crippen molar-refractivity contribution in [3.05, 3.63) is 52.0 Å². The summed E-state index contributed by atoms with van der Waals surface area (Å²) in [6, 6.07) is 11.5. The third-order valence-corrected chi connectivity index (χ3v) is 3.83. The molecule has 0 aliphatic rings. The zero-order chi connectivity index (χ0) is 16.7. The van der Waals surface area contributed by atoms with Crippen LogP contribution in [0.2, 0.25) is 0 Å². The molecule has 0 spiro atoms. The maximum atomic E-state index is 5.28. The van der Waals surface area contributed by atoms with Gasteiger partial charge in [-0.15, -0.1) is 0 Å². The molecule has 0 saturated carbocycles. The third kappa shape index (κ3) is 4.63. The first-order valence-corrected chi connectivity index (χ1v) is 7.77. The van der Waals surface area contributed by atoms with Gasteiger partial charge in [-0.3, -0.25) is 0 Å². The molecule has 0 fully saturated rings. The number of hydrazone groups is 1. The molecule has 0 bridgehead atoms. The van der Waals surface area contributed by atoms with Crippen LogP contribution in [0.25, 0.3) is 0 Å². The zero-order valence-electron chi connectivity index (χ0n) is 13.3. The minimum absolute atomic E-state index is 0.591. The van der Waals surface area contributed by atoms with E-state index in [1.165, 1.54) is 0 Å². The lowest BCUT2D eigenvalue weighted by Crippen LogP contribution is -2.06. The Hall–Kier alpha value is -2.21. The maximum Gasteiger partial charge on any atom is 0.161 e. The summed E-state index contributed by atoms with van der Waals surface area (Å²) in [6.45, 7) is 0.591. The molecule has 0 unspecified atom stereocenters. The van der Waals surface area contributed by atoms with Crippen LogP contribution in [-0.4, -0.2) is 27.5 Å². The molecule has 2 rings (SSSR count). The Balaban J connectivity index is 1.95. The van der Waals surface area contributed by atoms with Gasteiger partial charge >= 0.3 is 0 Å². The van der Waals surface area contributed by atoms with Crippen molar-refractivity contribution in [1.82, 2.24) is 5.43 Å². The topological polar surface area (TPSA) is 52.1 Å². The van der Waals surface area contributed by atoms with E-state index in [2.05, 4.69) is 26.5 Å². The van der Waals surface area contributed by atoms with Crippen LogP contribution in [0.1, 0.15) is 11.1 Å². The lowest BCUT2D eigenvalue weighted by molar-refractivity contribution is 0.354. The highest BCUT2D eigenvalue weighted by molar-refractivity contribution is 9.10. The van der Waals surface area contributed by atoms with Gasteiger partial charge in [0.15, 0.2) is 11.5 Å². The lowest BCUT2D eigenvalue weighted by Gasteiger charge is -2.09. The summed E-state index contributed by atoms with van der Waals surface area (Å²) in [6.07, 6.45) is 1.75. The number of rotatable bonds is 7. The normalized spacial score (nSPS) is 10.6. The van der Waals surface area contributed by atoms with Crippen molar-refractivity contribution in [3.8, 4) is 17.2 Å². The fourth-order valence-corrected chi connectivity index (χ4v) is 2.57. The Morgan fingerprint density at radius 3 is 2.30 bits per heavy atom. The number of methoxy groups -OCH3 is 3. The van der Waals surface area contributed by atoms with E-state index >= 15 is 0 Å². The van der Waals surface area contributed by atoms with Crippen molar-refractivity contribution in [2.75, 3.05) is 21.3 Å². The fourth-order valence-electron chi connectivity index (χ4n) is 2.01. The van der Waals surface area contributed by atoms with Crippen LogP contribution in [-0.2, 0) is 6.54 Å². The van der Waals surface area contributed by atoms with Crippen LogP contribution in [0.3, 0.4) is 0 Å². The number of nitrogens with one attached hydrogen (secondary N) is 1. The van der Waals surface area contributed by atoms with E-state index < -0.39 is 0 Å². The van der Waals surface area contributed by atoms with Crippen molar-refractivity contribution in [2.24, 2.45) is 5.10 Å². The van der Waals surface area contributed by atoms with Crippen molar-refractivity contribution >= 4 is 22.1 Å². The van der Waals surface area contributed by atoms with Gasteiger partial charge in [0.25, 0.3) is 0 Å². The molecule has 0 atom stereocenters. The molecular weight excluding hydrogens is 360 g/mol. The number of benzene rings is 2. The first-order chi connectivity index (χ1) is 11.2. The monoisotopic (exact) mass is 378 g/mol. The van der Waals surface area contributed by atoms with Crippen LogP contribution in [0.15, 0.2) is 46.0 Å². The van der Waals surface area contributed by atoms with E-state index in [1.54, 1.807) is 27.5 Å². The summed E-state index contributed by atoms with van der Waals surface area (Å²) < 4.78 is 16.6. The Bertz CT molecular complexity index is 690. The van der Waals surface area contributed by atoms with Gasteiger partial charge < -0.3 is 19.6 Å². The summed E-state index contributed by atoms with van der Waals surface area (Å²) in [5, 5.41) is 4.22. The van der Waals surface area contributed by atoms with Gasteiger partial charge in [-0.25, -0.2) is 0 Å². The van der Waals surface area contributed by atoms with E-state index in [0.717, 1.165) is 21.3 Å². The smallest absolute Gasteiger partial charge is 0.161 e. The molecule has 1 N–H and O–H groups in total. The largest absolute Gasteiger partial charge is 0.496 e. The third-order valence-electron chi connectivity index (χ3n) is 3.21. The van der Waals surface area contributed by atoms with Crippen LogP contribution in [0, 0.1) is 0 Å². The summed E-state index contributed by atoms with van der Waals surface area (Å²) >= 11 is 3.45. The fraction of sp³-hybridized carbons (Fsp3) is 0.235. The first kappa shape index (κ1) is 17.1. The molecular formula is C17H19BrN2O3. The van der Waals surface area contributed by atoms with Gasteiger partial charge in [0.2, 0.25) is 0 Å². The number of halogens is 1. The predicted octanol–water partition coefficient (Wildman–Crippen LogP) is 3.60. The molecule has 23 heavy (non-hydrogen) atoms. The highest BCUT2D eigenvalue weighted by atomic mass is 79.9. The molecule has 5 nitrogen and oxygen atoms in total. The molecule has 0 amide bonds. The number of nitrogens with zero attached hydrogens (tertiary/aromatic N) is 1. The van der Waals surface area contributed by atoms with E-state index in [-0.39, 0.29) is 0 Å². The van der Waals surface area contributed by atoms with Gasteiger partial charge in [0.05, 0.1) is 38.6 Å². The summed E-state index contributed by atoms with van der Waals surface area (Å²) in [7, 11) is 4.88. The minimum atomic E-state index is 0.591. The molecule has 0 radical (unpaired) electrons. The number of hydrogen-bond donors (Lipinski definition) is 1. The average molecular weight is 379 g/mol. The molecule has 6 heteroatoms. The average Bonchev–Trinajstić information content (AvgIpc) is 2.58. The summed E-state index contributed by atoms with van der Waals surface area (Å²) in [4.78, 5) is 0. The molecule has 2 aromatic carbocycles. The van der Waals surface area contributed by atoms with E-state index in [0.29, 0.717) is 18.0 Å². The second-order valence-corrected chi connectivity index (χ2v) is 5.53. The molecule has 0 saturated heterocycles. The minimum Gasteiger partial charge on any atom is -0.496 e. The summed E-state index contributed by atoms with van der Waals surface area (Å²) in [5.74, 6) is 2.21. The van der Waals surface area contributed by atoms with E-state index in [9.17, 15) is 0 Å². The summed E-state index contributed by atoms with van der Waals surface area (Å²) in [5.41, 5.74) is 5.04.